The summed E-state index contributed by atoms with van der Waals surface area (Å²) in [5, 5.41) is 0.310. The Kier molecular flexibility index (Phi) is 10.0. The number of benzene rings is 1. The van der Waals surface area contributed by atoms with Crippen molar-refractivity contribution in [2.45, 2.75) is 110 Å². The van der Waals surface area contributed by atoms with Gasteiger partial charge in [-0.15, -0.1) is 0 Å². The van der Waals surface area contributed by atoms with Crippen LogP contribution in [-0.2, 0) is 14.0 Å². The van der Waals surface area contributed by atoms with E-state index in [0.29, 0.717) is 6.42 Å². The number of nitrogens with zero attached hydrogens (tertiary/aromatic N) is 1. The van der Waals surface area contributed by atoms with Crippen molar-refractivity contribution in [2.24, 2.45) is 0 Å². The Bertz CT molecular complexity index is 757. The van der Waals surface area contributed by atoms with Crippen molar-refractivity contribution >= 4 is 36.8 Å². The van der Waals surface area contributed by atoms with Crippen LogP contribution in [0.15, 0.2) is 24.3 Å². The van der Waals surface area contributed by atoms with Crippen molar-refractivity contribution in [3.63, 3.8) is 0 Å². The van der Waals surface area contributed by atoms with Crippen molar-refractivity contribution in [3.8, 4) is 0 Å². The number of carbonyl (C=O) groups is 2. The fourth-order valence-corrected chi connectivity index (χ4v) is 5.96. The molecule has 1 aliphatic heterocycles. The first kappa shape index (κ1) is 27.1. The first-order chi connectivity index (χ1) is 15.0. The number of amides is 1. The topological polar surface area (TPSA) is 46.6 Å². The van der Waals surface area contributed by atoms with Gasteiger partial charge in [-0.25, -0.2) is 0 Å². The molecule has 4 nitrogen and oxygen atoms in total. The van der Waals surface area contributed by atoms with E-state index in [-0.39, 0.29) is 28.2 Å². The Morgan fingerprint density at radius 2 is 1.88 bits per heavy atom. The summed E-state index contributed by atoms with van der Waals surface area (Å²) in [5.41, 5.74) is 2.18. The molecule has 0 spiro atoms. The summed E-state index contributed by atoms with van der Waals surface area (Å²) >= 11 is 1.35. The lowest BCUT2D eigenvalue weighted by Crippen LogP contribution is -2.41. The van der Waals surface area contributed by atoms with Gasteiger partial charge in [-0.2, -0.15) is 0 Å². The molecule has 0 aromatic heterocycles. The monoisotopic (exact) mass is 477 g/mol. The summed E-state index contributed by atoms with van der Waals surface area (Å²) in [4.78, 5) is 25.8. The van der Waals surface area contributed by atoms with Gasteiger partial charge >= 0.3 is 0 Å². The third kappa shape index (κ3) is 7.46. The van der Waals surface area contributed by atoms with Gasteiger partial charge in [0.05, 0.1) is 6.10 Å². The van der Waals surface area contributed by atoms with E-state index < -0.39 is 8.32 Å². The fourth-order valence-electron chi connectivity index (χ4n) is 3.97. The van der Waals surface area contributed by atoms with Crippen molar-refractivity contribution in [2.75, 3.05) is 10.7 Å². The molecule has 1 unspecified atom stereocenters. The molecule has 1 fully saturated rings. The number of unbranched alkanes of at least 4 members (excludes halogenated alkanes) is 2. The van der Waals surface area contributed by atoms with E-state index >= 15 is 0 Å². The maximum atomic E-state index is 12.6. The number of anilines is 1. The second kappa shape index (κ2) is 11.8. The number of carbonyl (C=O) groups excluding carboxylic acids is 2. The maximum absolute atomic E-state index is 12.6. The highest BCUT2D eigenvalue weighted by molar-refractivity contribution is 8.13. The molecular formula is C26H43NO3SSi. The first-order valence-electron chi connectivity index (χ1n) is 12.2. The minimum absolute atomic E-state index is 0.105. The summed E-state index contributed by atoms with van der Waals surface area (Å²) in [7, 11) is -1.89. The zero-order valence-electron chi connectivity index (χ0n) is 21.2. The second-order valence-corrected chi connectivity index (χ2v) is 16.6. The van der Waals surface area contributed by atoms with Crippen LogP contribution >= 0.6 is 11.8 Å². The van der Waals surface area contributed by atoms with E-state index in [4.69, 9.17) is 4.43 Å². The lowest BCUT2D eigenvalue weighted by molar-refractivity contribution is -0.117. The quantitative estimate of drug-likeness (QED) is 0.244. The van der Waals surface area contributed by atoms with Crippen molar-refractivity contribution in [1.82, 2.24) is 0 Å². The summed E-state index contributed by atoms with van der Waals surface area (Å²) in [6, 6.07) is 8.68. The lowest BCUT2D eigenvalue weighted by Gasteiger charge is -2.39. The molecule has 0 radical (unpaired) electrons. The third-order valence-corrected chi connectivity index (χ3v) is 12.3. The zero-order chi connectivity index (χ0) is 23.9. The molecule has 2 rings (SSSR count). The van der Waals surface area contributed by atoms with Gasteiger partial charge in [-0.05, 0) is 55.1 Å². The molecule has 0 N–H and O–H groups in total. The zero-order valence-corrected chi connectivity index (χ0v) is 23.0. The van der Waals surface area contributed by atoms with Crippen molar-refractivity contribution < 1.29 is 14.0 Å². The summed E-state index contributed by atoms with van der Waals surface area (Å²) in [6.07, 6.45) is 7.04. The van der Waals surface area contributed by atoms with Gasteiger partial charge in [-0.1, -0.05) is 70.9 Å². The van der Waals surface area contributed by atoms with Gasteiger partial charge in [-0.3, -0.25) is 9.59 Å². The Morgan fingerprint density at radius 3 is 2.44 bits per heavy atom. The van der Waals surface area contributed by atoms with E-state index in [2.05, 4.69) is 65.1 Å². The fraction of sp³-hybridized carbons (Fsp3) is 0.692. The number of rotatable bonds is 11. The Hall–Kier alpha value is -1.11. The predicted molar refractivity (Wildman–Crippen MR) is 140 cm³/mol. The molecule has 1 aromatic rings. The van der Waals surface area contributed by atoms with Crippen LogP contribution in [0, 0.1) is 0 Å². The maximum Gasteiger partial charge on any atom is 0.227 e. The summed E-state index contributed by atoms with van der Waals surface area (Å²) in [5.74, 6) is 0.953. The van der Waals surface area contributed by atoms with Crippen LogP contribution in [0.3, 0.4) is 0 Å². The molecule has 1 saturated heterocycles. The Labute approximate surface area is 201 Å². The standard InChI is InChI=1S/C26H43NO3SSi/c1-8-9-10-11-24(30-32(6,7)26(3,4)5)21-12-14-22(15-13-21)27-23(16-17-25(27)29)18-19-31-20(2)28/h12-15,23-24H,8-11,16-19H2,1-7H3/t23-,24?/m1/s1. The van der Waals surface area contributed by atoms with E-state index in [0.717, 1.165) is 37.1 Å². The van der Waals surface area contributed by atoms with Crippen molar-refractivity contribution in [1.29, 1.82) is 0 Å². The van der Waals surface area contributed by atoms with Gasteiger partial charge in [0.1, 0.15) is 0 Å². The normalized spacial score (nSPS) is 18.3. The number of thioether (sulfide) groups is 1. The van der Waals surface area contributed by atoms with Crippen LogP contribution in [0.5, 0.6) is 0 Å². The van der Waals surface area contributed by atoms with Gasteiger partial charge in [0.25, 0.3) is 0 Å². The summed E-state index contributed by atoms with van der Waals surface area (Å²) in [6.45, 7) is 15.3. The van der Waals surface area contributed by atoms with E-state index in [9.17, 15) is 9.59 Å². The van der Waals surface area contributed by atoms with Gasteiger partial charge < -0.3 is 9.33 Å². The molecule has 2 atom stereocenters. The van der Waals surface area contributed by atoms with Crippen LogP contribution in [0.25, 0.3) is 0 Å². The molecule has 32 heavy (non-hydrogen) atoms. The average molecular weight is 478 g/mol. The Balaban J connectivity index is 2.17. The highest BCUT2D eigenvalue weighted by Gasteiger charge is 2.39. The van der Waals surface area contributed by atoms with Gasteiger partial charge in [0, 0.05) is 30.8 Å². The molecule has 1 amide bonds. The minimum atomic E-state index is -1.89. The predicted octanol–water partition coefficient (Wildman–Crippen LogP) is 7.50. The van der Waals surface area contributed by atoms with Gasteiger partial charge in [0.2, 0.25) is 5.91 Å². The molecule has 6 heteroatoms. The molecule has 1 heterocycles. The van der Waals surface area contributed by atoms with Crippen LogP contribution in [0.1, 0.15) is 91.2 Å². The SMILES string of the molecule is CCCCCC(O[Si](C)(C)C(C)(C)C)c1ccc(N2C(=O)CC[C@@H]2CCSC(C)=O)cc1. The molecule has 1 aromatic carbocycles. The molecule has 0 aliphatic carbocycles. The van der Waals surface area contributed by atoms with E-state index in [1.165, 1.54) is 30.2 Å². The largest absolute Gasteiger partial charge is 0.410 e. The average Bonchev–Trinajstić information content (AvgIpc) is 3.06. The molecular weight excluding hydrogens is 434 g/mol. The van der Waals surface area contributed by atoms with E-state index in [1.807, 2.05) is 4.90 Å². The van der Waals surface area contributed by atoms with Crippen molar-refractivity contribution in [3.05, 3.63) is 29.8 Å². The second-order valence-electron chi connectivity index (χ2n) is 10.5. The molecule has 180 valence electrons. The number of hydrogen-bond donors (Lipinski definition) is 0. The highest BCUT2D eigenvalue weighted by atomic mass is 32.2. The van der Waals surface area contributed by atoms with E-state index in [1.54, 1.807) is 6.92 Å². The third-order valence-electron chi connectivity index (χ3n) is 6.94. The van der Waals surface area contributed by atoms with Gasteiger partial charge in [0.15, 0.2) is 13.4 Å². The smallest absolute Gasteiger partial charge is 0.227 e. The molecule has 0 saturated carbocycles. The number of hydrogen-bond acceptors (Lipinski definition) is 4. The van der Waals surface area contributed by atoms with Crippen LogP contribution < -0.4 is 4.90 Å². The van der Waals surface area contributed by atoms with Crippen LogP contribution in [-0.4, -0.2) is 31.1 Å². The minimum Gasteiger partial charge on any atom is -0.410 e. The first-order valence-corrected chi connectivity index (χ1v) is 16.1. The molecule has 0 bridgehead atoms. The summed E-state index contributed by atoms with van der Waals surface area (Å²) < 4.78 is 6.84. The van der Waals surface area contributed by atoms with Crippen LogP contribution in [0.2, 0.25) is 18.1 Å². The Morgan fingerprint density at radius 1 is 1.22 bits per heavy atom. The highest BCUT2D eigenvalue weighted by Crippen LogP contribution is 2.41. The van der Waals surface area contributed by atoms with Crippen LogP contribution in [0.4, 0.5) is 5.69 Å². The lowest BCUT2D eigenvalue weighted by atomic mass is 10.0. The molecule has 1 aliphatic rings.